The van der Waals surface area contributed by atoms with Crippen LogP contribution in [0.1, 0.15) is 11.1 Å². The first-order valence-electron chi connectivity index (χ1n) is 4.33. The van der Waals surface area contributed by atoms with E-state index in [-0.39, 0.29) is 0 Å². The SMILES string of the molecule is COP(=O)(OC)c1ccc(C)c(C)c1. The van der Waals surface area contributed by atoms with E-state index in [1.807, 2.05) is 26.0 Å². The second kappa shape index (κ2) is 4.26. The highest BCUT2D eigenvalue weighted by atomic mass is 31.2. The molecule has 0 radical (unpaired) electrons. The molecule has 0 aromatic heterocycles. The zero-order chi connectivity index (χ0) is 10.8. The minimum Gasteiger partial charge on any atom is -0.309 e. The third-order valence-corrected chi connectivity index (χ3v) is 4.16. The summed E-state index contributed by atoms with van der Waals surface area (Å²) in [6, 6.07) is 5.52. The number of aryl methyl sites for hydroxylation is 2. The van der Waals surface area contributed by atoms with Crippen molar-refractivity contribution in [3.63, 3.8) is 0 Å². The predicted molar refractivity (Wildman–Crippen MR) is 57.2 cm³/mol. The summed E-state index contributed by atoms with van der Waals surface area (Å²) in [6.45, 7) is 3.97. The minimum atomic E-state index is -3.08. The van der Waals surface area contributed by atoms with Crippen molar-refractivity contribution in [2.75, 3.05) is 14.2 Å². The van der Waals surface area contributed by atoms with Crippen LogP contribution in [0.4, 0.5) is 0 Å². The summed E-state index contributed by atoms with van der Waals surface area (Å²) in [5, 5.41) is 0.602. The highest BCUT2D eigenvalue weighted by molar-refractivity contribution is 7.62. The van der Waals surface area contributed by atoms with Gasteiger partial charge in [0, 0.05) is 14.2 Å². The van der Waals surface area contributed by atoms with Gasteiger partial charge >= 0.3 is 7.60 Å². The van der Waals surface area contributed by atoms with Crippen LogP contribution < -0.4 is 5.30 Å². The zero-order valence-corrected chi connectivity index (χ0v) is 9.80. The van der Waals surface area contributed by atoms with Crippen molar-refractivity contribution in [1.29, 1.82) is 0 Å². The molecule has 0 aliphatic carbocycles. The van der Waals surface area contributed by atoms with E-state index in [2.05, 4.69) is 0 Å². The van der Waals surface area contributed by atoms with Gasteiger partial charge < -0.3 is 9.05 Å². The lowest BCUT2D eigenvalue weighted by atomic mass is 10.1. The molecule has 3 nitrogen and oxygen atoms in total. The molecule has 0 aliphatic heterocycles. The van der Waals surface area contributed by atoms with Gasteiger partial charge in [-0.2, -0.15) is 0 Å². The van der Waals surface area contributed by atoms with E-state index >= 15 is 0 Å². The van der Waals surface area contributed by atoms with Gasteiger partial charge in [-0.3, -0.25) is 4.57 Å². The minimum absolute atomic E-state index is 0.602. The summed E-state index contributed by atoms with van der Waals surface area (Å²) >= 11 is 0. The fraction of sp³-hybridized carbons (Fsp3) is 0.400. The van der Waals surface area contributed by atoms with Gasteiger partial charge in [-0.25, -0.2) is 0 Å². The topological polar surface area (TPSA) is 35.5 Å². The molecule has 0 unspecified atom stereocenters. The van der Waals surface area contributed by atoms with E-state index in [4.69, 9.17) is 9.05 Å². The first kappa shape index (κ1) is 11.4. The molecular formula is C10H15O3P. The van der Waals surface area contributed by atoms with Crippen LogP contribution in [0.3, 0.4) is 0 Å². The van der Waals surface area contributed by atoms with Gasteiger partial charge in [0.05, 0.1) is 5.30 Å². The van der Waals surface area contributed by atoms with E-state index in [9.17, 15) is 4.57 Å². The molecule has 0 fully saturated rings. The Morgan fingerprint density at radius 2 is 1.64 bits per heavy atom. The summed E-state index contributed by atoms with van der Waals surface area (Å²) in [5.74, 6) is 0. The smallest absolute Gasteiger partial charge is 0.309 e. The molecule has 0 saturated carbocycles. The molecule has 0 aliphatic rings. The lowest BCUT2D eigenvalue weighted by Crippen LogP contribution is -2.08. The quantitative estimate of drug-likeness (QED) is 0.725. The van der Waals surface area contributed by atoms with Crippen molar-refractivity contribution in [3.05, 3.63) is 29.3 Å². The number of rotatable bonds is 3. The molecule has 0 spiro atoms. The molecule has 1 aromatic carbocycles. The molecule has 1 rings (SSSR count). The molecular weight excluding hydrogens is 199 g/mol. The van der Waals surface area contributed by atoms with Crippen molar-refractivity contribution in [3.8, 4) is 0 Å². The van der Waals surface area contributed by atoms with Crippen LogP contribution >= 0.6 is 7.60 Å². The summed E-state index contributed by atoms with van der Waals surface area (Å²) in [7, 11) is -0.304. The van der Waals surface area contributed by atoms with E-state index < -0.39 is 7.60 Å². The van der Waals surface area contributed by atoms with Crippen LogP contribution in [0.2, 0.25) is 0 Å². The highest BCUT2D eigenvalue weighted by Gasteiger charge is 2.24. The molecule has 0 N–H and O–H groups in total. The lowest BCUT2D eigenvalue weighted by molar-refractivity contribution is 0.287. The zero-order valence-electron chi connectivity index (χ0n) is 8.90. The van der Waals surface area contributed by atoms with Gasteiger partial charge in [0.1, 0.15) is 0 Å². The largest absolute Gasteiger partial charge is 0.360 e. The van der Waals surface area contributed by atoms with Gasteiger partial charge in [-0.1, -0.05) is 6.07 Å². The van der Waals surface area contributed by atoms with E-state index in [0.29, 0.717) is 5.30 Å². The highest BCUT2D eigenvalue weighted by Crippen LogP contribution is 2.45. The molecule has 0 atom stereocenters. The van der Waals surface area contributed by atoms with Crippen molar-refractivity contribution in [1.82, 2.24) is 0 Å². The van der Waals surface area contributed by atoms with Gasteiger partial charge in [0.25, 0.3) is 0 Å². The first-order valence-corrected chi connectivity index (χ1v) is 5.87. The Bertz CT molecular complexity index is 366. The summed E-state index contributed by atoms with van der Waals surface area (Å²) in [5.41, 5.74) is 2.24. The van der Waals surface area contributed by atoms with Gasteiger partial charge in [-0.15, -0.1) is 0 Å². The van der Waals surface area contributed by atoms with Crippen molar-refractivity contribution < 1.29 is 13.6 Å². The Hall–Kier alpha value is -0.630. The Morgan fingerprint density at radius 1 is 1.07 bits per heavy atom. The fourth-order valence-electron chi connectivity index (χ4n) is 1.18. The Labute approximate surface area is 84.6 Å². The average molecular weight is 214 g/mol. The molecule has 1 aromatic rings. The maximum absolute atomic E-state index is 12.0. The van der Waals surface area contributed by atoms with Crippen molar-refractivity contribution >= 4 is 12.9 Å². The van der Waals surface area contributed by atoms with Crippen LogP contribution in [0, 0.1) is 13.8 Å². The van der Waals surface area contributed by atoms with Crippen LogP contribution in [-0.4, -0.2) is 14.2 Å². The predicted octanol–water partition coefficient (Wildman–Crippen LogP) is 2.41. The van der Waals surface area contributed by atoms with Gasteiger partial charge in [0.2, 0.25) is 0 Å². The maximum Gasteiger partial charge on any atom is 0.360 e. The van der Waals surface area contributed by atoms with Gasteiger partial charge in [0.15, 0.2) is 0 Å². The first-order chi connectivity index (χ1) is 6.53. The Kier molecular flexibility index (Phi) is 3.48. The molecule has 0 bridgehead atoms. The Balaban J connectivity index is 3.19. The van der Waals surface area contributed by atoms with Crippen LogP contribution in [0.25, 0.3) is 0 Å². The number of hydrogen-bond acceptors (Lipinski definition) is 3. The molecule has 4 heteroatoms. The summed E-state index contributed by atoms with van der Waals surface area (Å²) in [6.07, 6.45) is 0. The monoisotopic (exact) mass is 214 g/mol. The molecule has 78 valence electrons. The van der Waals surface area contributed by atoms with Crippen LogP contribution in [0.15, 0.2) is 18.2 Å². The lowest BCUT2D eigenvalue weighted by Gasteiger charge is -2.14. The second-order valence-corrected chi connectivity index (χ2v) is 5.37. The number of benzene rings is 1. The third-order valence-electron chi connectivity index (χ3n) is 2.29. The Morgan fingerprint density at radius 3 is 2.07 bits per heavy atom. The number of hydrogen-bond donors (Lipinski definition) is 0. The second-order valence-electron chi connectivity index (χ2n) is 3.13. The van der Waals surface area contributed by atoms with E-state index in [0.717, 1.165) is 11.1 Å². The maximum atomic E-state index is 12.0. The third kappa shape index (κ3) is 2.06. The molecule has 14 heavy (non-hydrogen) atoms. The molecule has 0 amide bonds. The van der Waals surface area contributed by atoms with Gasteiger partial charge in [-0.05, 0) is 37.1 Å². The van der Waals surface area contributed by atoms with Crippen LogP contribution in [-0.2, 0) is 13.6 Å². The standard InChI is InChI=1S/C10H15O3P/c1-8-5-6-10(7-9(8)2)14(11,12-3)13-4/h5-7H,1-4H3. The summed E-state index contributed by atoms with van der Waals surface area (Å²) < 4.78 is 21.8. The van der Waals surface area contributed by atoms with E-state index in [1.54, 1.807) is 6.07 Å². The van der Waals surface area contributed by atoms with Crippen molar-refractivity contribution in [2.45, 2.75) is 13.8 Å². The fourth-order valence-corrected chi connectivity index (χ4v) is 2.36. The summed E-state index contributed by atoms with van der Waals surface area (Å²) in [4.78, 5) is 0. The van der Waals surface area contributed by atoms with E-state index in [1.165, 1.54) is 14.2 Å². The average Bonchev–Trinajstić information content (AvgIpc) is 2.21. The van der Waals surface area contributed by atoms with Crippen molar-refractivity contribution in [2.24, 2.45) is 0 Å². The molecule has 0 heterocycles. The van der Waals surface area contributed by atoms with Crippen LogP contribution in [0.5, 0.6) is 0 Å². The normalized spacial score (nSPS) is 11.7. The molecule has 0 saturated heterocycles.